The predicted octanol–water partition coefficient (Wildman–Crippen LogP) is 0.936. The van der Waals surface area contributed by atoms with Gasteiger partial charge in [0, 0.05) is 50.7 Å². The van der Waals surface area contributed by atoms with Crippen LogP contribution in [-0.2, 0) is 22.7 Å². The van der Waals surface area contributed by atoms with Gasteiger partial charge in [-0.15, -0.1) is 5.10 Å². The molecule has 0 radical (unpaired) electrons. The number of aromatic nitrogens is 4. The van der Waals surface area contributed by atoms with Crippen molar-refractivity contribution in [1.29, 1.82) is 0 Å². The lowest BCUT2D eigenvalue weighted by Gasteiger charge is -2.37. The van der Waals surface area contributed by atoms with Crippen molar-refractivity contribution >= 4 is 29.3 Å². The number of anilines is 2. The first-order chi connectivity index (χ1) is 19.7. The summed E-state index contributed by atoms with van der Waals surface area (Å²) in [7, 11) is 0. The van der Waals surface area contributed by atoms with Gasteiger partial charge in [0.1, 0.15) is 23.5 Å². The summed E-state index contributed by atoms with van der Waals surface area (Å²) in [6.45, 7) is 2.24. The number of ether oxygens (including phenoxy) is 1. The van der Waals surface area contributed by atoms with Crippen LogP contribution >= 0.6 is 0 Å². The Kier molecular flexibility index (Phi) is 8.05. The Labute approximate surface area is 233 Å². The third-order valence-corrected chi connectivity index (χ3v) is 6.88. The molecule has 15 heteroatoms. The summed E-state index contributed by atoms with van der Waals surface area (Å²) in [4.78, 5) is 45.8. The van der Waals surface area contributed by atoms with Crippen molar-refractivity contribution < 1.29 is 33.0 Å². The van der Waals surface area contributed by atoms with Gasteiger partial charge < -0.3 is 25.0 Å². The molecular weight excluding hydrogens is 542 g/mol. The van der Waals surface area contributed by atoms with Gasteiger partial charge in [-0.2, -0.15) is 0 Å². The van der Waals surface area contributed by atoms with Crippen molar-refractivity contribution in [3.8, 4) is 0 Å². The number of aliphatic hydroxyl groups excluding tert-OH is 1. The van der Waals surface area contributed by atoms with Crippen molar-refractivity contribution in [1.82, 2.24) is 30.2 Å². The van der Waals surface area contributed by atoms with E-state index >= 15 is 8.78 Å². The van der Waals surface area contributed by atoms with Gasteiger partial charge in [0.25, 0.3) is 5.91 Å². The summed E-state index contributed by atoms with van der Waals surface area (Å²) >= 11 is 0. The van der Waals surface area contributed by atoms with Gasteiger partial charge in [-0.25, -0.2) is 18.3 Å². The summed E-state index contributed by atoms with van der Waals surface area (Å²) in [5.41, 5.74) is 0.453. The lowest BCUT2D eigenvalue weighted by atomic mass is 10.1. The molecule has 0 aliphatic carbocycles. The highest BCUT2D eigenvalue weighted by molar-refractivity contribution is 5.97. The van der Waals surface area contributed by atoms with Crippen molar-refractivity contribution in [3.05, 3.63) is 65.7 Å². The molecule has 2 fully saturated rings. The molecule has 3 aromatic rings. The van der Waals surface area contributed by atoms with Crippen LogP contribution in [0, 0.1) is 11.6 Å². The molecule has 2 aromatic heterocycles. The molecule has 216 valence electrons. The molecule has 0 saturated carbocycles. The van der Waals surface area contributed by atoms with E-state index in [-0.39, 0.29) is 63.2 Å². The van der Waals surface area contributed by atoms with E-state index in [1.807, 2.05) is 0 Å². The fraction of sp³-hybridized carbons (Fsp3) is 0.385. The second kappa shape index (κ2) is 11.8. The number of amides is 3. The van der Waals surface area contributed by atoms with E-state index in [2.05, 4.69) is 20.6 Å². The van der Waals surface area contributed by atoms with Crippen LogP contribution < -0.4 is 15.1 Å². The van der Waals surface area contributed by atoms with Gasteiger partial charge in [0.15, 0.2) is 11.6 Å². The molecule has 2 aliphatic rings. The summed E-state index contributed by atoms with van der Waals surface area (Å²) in [5, 5.41) is 19.4. The number of rotatable bonds is 8. The Morgan fingerprint density at radius 2 is 1.93 bits per heavy atom. The topological polar surface area (TPSA) is 146 Å². The number of carbonyl (C=O) groups is 3. The van der Waals surface area contributed by atoms with E-state index in [9.17, 15) is 14.4 Å². The van der Waals surface area contributed by atoms with Crippen LogP contribution in [0.5, 0.6) is 0 Å². The molecule has 0 spiro atoms. The first-order valence-corrected chi connectivity index (χ1v) is 12.9. The number of hydrogen-bond acceptors (Lipinski definition) is 9. The smallest absolute Gasteiger partial charge is 0.414 e. The Balaban J connectivity index is 1.18. The number of benzene rings is 1. The molecular formula is C26H28F2N8O5. The van der Waals surface area contributed by atoms with Gasteiger partial charge in [-0.3, -0.25) is 19.5 Å². The van der Waals surface area contributed by atoms with Crippen LogP contribution in [0.1, 0.15) is 23.0 Å². The number of nitrogens with zero attached hydrogens (tertiary/aromatic N) is 7. The molecule has 2 N–H and O–H groups in total. The first-order valence-electron chi connectivity index (χ1n) is 12.9. The molecule has 2 aliphatic heterocycles. The minimum absolute atomic E-state index is 0.0119. The number of aliphatic hydroxyl groups is 1. The maximum absolute atomic E-state index is 15.2. The summed E-state index contributed by atoms with van der Waals surface area (Å²) in [5.74, 6) is -2.43. The zero-order valence-electron chi connectivity index (χ0n) is 22.1. The monoisotopic (exact) mass is 570 g/mol. The largest absolute Gasteiger partial charge is 0.442 e. The first kappa shape index (κ1) is 27.9. The van der Waals surface area contributed by atoms with E-state index in [0.717, 1.165) is 17.0 Å². The van der Waals surface area contributed by atoms with Crippen LogP contribution in [0.15, 0.2) is 42.9 Å². The lowest BCUT2D eigenvalue weighted by molar-refractivity contribution is -0.133. The highest BCUT2D eigenvalue weighted by atomic mass is 19.1. The highest BCUT2D eigenvalue weighted by Crippen LogP contribution is 2.32. The molecule has 5 rings (SSSR count). The van der Waals surface area contributed by atoms with E-state index in [0.29, 0.717) is 11.3 Å². The Morgan fingerprint density at radius 3 is 2.56 bits per heavy atom. The van der Waals surface area contributed by atoms with Crippen LogP contribution in [0.4, 0.5) is 25.0 Å². The van der Waals surface area contributed by atoms with Crippen LogP contribution in [0.3, 0.4) is 0 Å². The minimum atomic E-state index is -0.850. The van der Waals surface area contributed by atoms with Gasteiger partial charge >= 0.3 is 6.09 Å². The average molecular weight is 571 g/mol. The fourth-order valence-corrected chi connectivity index (χ4v) is 4.81. The van der Waals surface area contributed by atoms with Gasteiger partial charge in [-0.1, -0.05) is 5.21 Å². The SMILES string of the molecule is C[C@H](NC(=O)c1cccnc1)C(=O)N1CCN(c2c(F)cc(N3C[C@H](Cn4cc(CO)nn4)OC3=O)cc2F)CC1. The van der Waals surface area contributed by atoms with Crippen molar-refractivity contribution in [2.24, 2.45) is 0 Å². The van der Waals surface area contributed by atoms with E-state index in [1.165, 1.54) is 33.1 Å². The molecule has 4 heterocycles. The van der Waals surface area contributed by atoms with Gasteiger partial charge in [-0.05, 0) is 19.1 Å². The van der Waals surface area contributed by atoms with E-state index in [4.69, 9.17) is 9.84 Å². The Morgan fingerprint density at radius 1 is 1.20 bits per heavy atom. The number of piperazine rings is 1. The molecule has 2 atom stereocenters. The zero-order chi connectivity index (χ0) is 29.1. The molecule has 0 bridgehead atoms. The fourth-order valence-electron chi connectivity index (χ4n) is 4.81. The van der Waals surface area contributed by atoms with E-state index < -0.39 is 35.8 Å². The van der Waals surface area contributed by atoms with E-state index in [1.54, 1.807) is 19.1 Å². The molecule has 13 nitrogen and oxygen atoms in total. The maximum Gasteiger partial charge on any atom is 0.414 e. The Bertz CT molecular complexity index is 1410. The summed E-state index contributed by atoms with van der Waals surface area (Å²) in [6.07, 6.45) is 3.07. The van der Waals surface area contributed by atoms with Crippen LogP contribution in [0.25, 0.3) is 0 Å². The van der Waals surface area contributed by atoms with Crippen molar-refractivity contribution in [2.75, 3.05) is 42.5 Å². The van der Waals surface area contributed by atoms with Gasteiger partial charge in [0.2, 0.25) is 5.91 Å². The highest BCUT2D eigenvalue weighted by Gasteiger charge is 2.35. The lowest BCUT2D eigenvalue weighted by Crippen LogP contribution is -2.54. The maximum atomic E-state index is 15.2. The third kappa shape index (κ3) is 6.09. The quantitative estimate of drug-likeness (QED) is 0.404. The summed E-state index contributed by atoms with van der Waals surface area (Å²) < 4.78 is 37.2. The second-order valence-electron chi connectivity index (χ2n) is 9.71. The number of nitrogens with one attached hydrogen (secondary N) is 1. The minimum Gasteiger partial charge on any atom is -0.442 e. The third-order valence-electron chi connectivity index (χ3n) is 6.88. The normalized spacial score (nSPS) is 17.9. The van der Waals surface area contributed by atoms with Crippen LogP contribution in [0.2, 0.25) is 0 Å². The standard InChI is InChI=1S/C26H28F2N8O5/c1-16(30-24(38)17-3-2-4-29-11-17)25(39)34-7-5-33(6-8-34)23-21(27)9-19(10-22(23)28)36-14-20(41-26(36)40)13-35-12-18(15-37)31-32-35/h2-4,9-12,16,20,37H,5-8,13-15H2,1H3,(H,30,38)/t16-,20-/m0/s1. The number of cyclic esters (lactones) is 1. The molecule has 3 amide bonds. The molecule has 0 unspecified atom stereocenters. The number of halogens is 2. The molecule has 41 heavy (non-hydrogen) atoms. The van der Waals surface area contributed by atoms with Crippen molar-refractivity contribution in [2.45, 2.75) is 32.2 Å². The Hall–Kier alpha value is -4.66. The zero-order valence-corrected chi connectivity index (χ0v) is 22.1. The predicted molar refractivity (Wildman–Crippen MR) is 140 cm³/mol. The average Bonchev–Trinajstić information content (AvgIpc) is 3.58. The van der Waals surface area contributed by atoms with Crippen LogP contribution in [-0.4, -0.2) is 92.8 Å². The number of pyridine rings is 1. The van der Waals surface area contributed by atoms with Crippen molar-refractivity contribution in [3.63, 3.8) is 0 Å². The summed E-state index contributed by atoms with van der Waals surface area (Å²) in [6, 6.07) is 4.57. The number of carbonyl (C=O) groups excluding carboxylic acids is 3. The number of hydrogen-bond donors (Lipinski definition) is 2. The molecule has 2 saturated heterocycles. The van der Waals surface area contributed by atoms with Gasteiger partial charge in [0.05, 0.1) is 37.1 Å². The second-order valence-corrected chi connectivity index (χ2v) is 9.71. The molecule has 1 aromatic carbocycles.